The van der Waals surface area contributed by atoms with Crippen LogP contribution in [0.2, 0.25) is 0 Å². The van der Waals surface area contributed by atoms with Crippen molar-refractivity contribution in [2.45, 2.75) is 58.0 Å². The molecule has 0 atom stereocenters. The first kappa shape index (κ1) is 22.6. The molecule has 1 aliphatic rings. The van der Waals surface area contributed by atoms with E-state index in [9.17, 15) is 9.59 Å². The quantitative estimate of drug-likeness (QED) is 0.516. The Morgan fingerprint density at radius 2 is 1.90 bits per heavy atom. The maximum Gasteiger partial charge on any atom is 0.348 e. The molecule has 0 bridgehead atoms. The third-order valence-electron chi connectivity index (χ3n) is 5.47. The molecule has 0 radical (unpaired) electrons. The molecule has 1 N–H and O–H groups in total. The molecule has 1 heterocycles. The average molecular weight is 429 g/mol. The summed E-state index contributed by atoms with van der Waals surface area (Å²) in [4.78, 5) is 31.7. The van der Waals surface area contributed by atoms with Gasteiger partial charge in [0, 0.05) is 23.5 Å². The lowest BCUT2D eigenvalue weighted by Gasteiger charge is -2.16. The van der Waals surface area contributed by atoms with Crippen LogP contribution in [0.3, 0.4) is 0 Å². The van der Waals surface area contributed by atoms with E-state index in [0.29, 0.717) is 6.54 Å². The maximum absolute atomic E-state index is 12.7. The topological polar surface area (TPSA) is 67.2 Å². The minimum Gasteiger partial charge on any atom is -0.325 e. The fourth-order valence-electron chi connectivity index (χ4n) is 4.17. The second kappa shape index (κ2) is 9.79. The predicted molar refractivity (Wildman–Crippen MR) is 124 cm³/mol. The van der Waals surface area contributed by atoms with Gasteiger partial charge in [0.2, 0.25) is 5.91 Å². The molecule has 0 fully saturated rings. The van der Waals surface area contributed by atoms with E-state index in [2.05, 4.69) is 34.3 Å². The van der Waals surface area contributed by atoms with Gasteiger partial charge in [-0.2, -0.15) is 4.98 Å². The van der Waals surface area contributed by atoms with Gasteiger partial charge in [0.25, 0.3) is 0 Å². The number of amides is 1. The molecular formula is C23H32N4O2S. The molecule has 0 unspecified atom stereocenters. The number of carbonyl (C=O) groups excluding carboxylic acids is 1. The number of benzene rings is 1. The van der Waals surface area contributed by atoms with E-state index in [-0.39, 0.29) is 17.3 Å². The Morgan fingerprint density at radius 1 is 1.20 bits per heavy atom. The minimum atomic E-state index is -0.192. The van der Waals surface area contributed by atoms with Gasteiger partial charge < -0.3 is 10.2 Å². The van der Waals surface area contributed by atoms with E-state index in [1.807, 2.05) is 32.5 Å². The van der Waals surface area contributed by atoms with Crippen molar-refractivity contribution in [3.63, 3.8) is 0 Å². The largest absolute Gasteiger partial charge is 0.348 e. The summed E-state index contributed by atoms with van der Waals surface area (Å²) in [6.07, 6.45) is 3.80. The molecule has 3 rings (SSSR count). The van der Waals surface area contributed by atoms with Gasteiger partial charge in [-0.15, -0.1) is 0 Å². The zero-order valence-corrected chi connectivity index (χ0v) is 19.5. The van der Waals surface area contributed by atoms with Crippen LogP contribution in [-0.2, 0) is 24.2 Å². The lowest BCUT2D eigenvalue weighted by molar-refractivity contribution is -0.113. The molecule has 30 heavy (non-hydrogen) atoms. The molecule has 1 aromatic heterocycles. The smallest absolute Gasteiger partial charge is 0.325 e. The number of carbonyl (C=O) groups is 1. The fraction of sp³-hybridized carbons (Fsp3) is 0.522. The molecule has 0 spiro atoms. The van der Waals surface area contributed by atoms with Crippen molar-refractivity contribution in [3.8, 4) is 0 Å². The normalized spacial score (nSPS) is 13.0. The summed E-state index contributed by atoms with van der Waals surface area (Å²) < 4.78 is 1.84. The van der Waals surface area contributed by atoms with Crippen LogP contribution in [0.15, 0.2) is 22.0 Å². The van der Waals surface area contributed by atoms with Crippen LogP contribution in [0.25, 0.3) is 0 Å². The summed E-state index contributed by atoms with van der Waals surface area (Å²) in [6, 6.07) is 4.14. The molecule has 1 aliphatic carbocycles. The van der Waals surface area contributed by atoms with Crippen LogP contribution >= 0.6 is 11.8 Å². The number of hydrogen-bond donors (Lipinski definition) is 1. The van der Waals surface area contributed by atoms with Crippen molar-refractivity contribution in [3.05, 3.63) is 50.6 Å². The molecule has 1 amide bonds. The van der Waals surface area contributed by atoms with E-state index >= 15 is 0 Å². The summed E-state index contributed by atoms with van der Waals surface area (Å²) in [7, 11) is 4.08. The highest BCUT2D eigenvalue weighted by molar-refractivity contribution is 8.00. The van der Waals surface area contributed by atoms with Gasteiger partial charge in [0.1, 0.15) is 5.03 Å². The van der Waals surface area contributed by atoms with Crippen molar-refractivity contribution in [1.82, 2.24) is 14.5 Å². The van der Waals surface area contributed by atoms with Gasteiger partial charge in [0.05, 0.1) is 5.75 Å². The van der Waals surface area contributed by atoms with Crippen molar-refractivity contribution in [1.29, 1.82) is 0 Å². The lowest BCUT2D eigenvalue weighted by Crippen LogP contribution is -2.29. The van der Waals surface area contributed by atoms with Crippen LogP contribution in [0, 0.1) is 20.8 Å². The summed E-state index contributed by atoms with van der Waals surface area (Å²) in [6.45, 7) is 7.70. The number of anilines is 1. The molecule has 162 valence electrons. The van der Waals surface area contributed by atoms with E-state index in [1.165, 1.54) is 17.3 Å². The molecular weight excluding hydrogens is 396 g/mol. The zero-order chi connectivity index (χ0) is 21.8. The average Bonchev–Trinajstić information content (AvgIpc) is 3.14. The fourth-order valence-corrected chi connectivity index (χ4v) is 5.04. The molecule has 2 aromatic rings. The van der Waals surface area contributed by atoms with Crippen LogP contribution in [0.4, 0.5) is 5.69 Å². The van der Waals surface area contributed by atoms with E-state index < -0.39 is 0 Å². The van der Waals surface area contributed by atoms with Gasteiger partial charge in [-0.1, -0.05) is 29.5 Å². The van der Waals surface area contributed by atoms with Crippen molar-refractivity contribution < 1.29 is 4.79 Å². The number of nitrogens with zero attached hydrogens (tertiary/aromatic N) is 3. The lowest BCUT2D eigenvalue weighted by atomic mass is 10.1. The SMILES string of the molecule is Cc1cc(C)c(NC(=O)CSc2nc(=O)n(CCCN(C)C)c3c2CCC3)c(C)c1. The van der Waals surface area contributed by atoms with Crippen LogP contribution in [-0.4, -0.2) is 46.8 Å². The molecule has 0 aliphatic heterocycles. The van der Waals surface area contributed by atoms with Crippen LogP contribution in [0.5, 0.6) is 0 Å². The Kier molecular flexibility index (Phi) is 7.36. The van der Waals surface area contributed by atoms with E-state index in [0.717, 1.165) is 65.3 Å². The van der Waals surface area contributed by atoms with Crippen molar-refractivity contribution >= 4 is 23.4 Å². The summed E-state index contributed by atoms with van der Waals surface area (Å²) in [5.74, 6) is 0.176. The number of rotatable bonds is 8. The minimum absolute atomic E-state index is 0.0706. The first-order valence-electron chi connectivity index (χ1n) is 10.5. The van der Waals surface area contributed by atoms with E-state index in [4.69, 9.17) is 0 Å². The van der Waals surface area contributed by atoms with Gasteiger partial charge >= 0.3 is 5.69 Å². The van der Waals surface area contributed by atoms with Gasteiger partial charge in [-0.25, -0.2) is 4.79 Å². The van der Waals surface area contributed by atoms with Crippen LogP contribution in [0.1, 0.15) is 40.8 Å². The maximum atomic E-state index is 12.7. The highest BCUT2D eigenvalue weighted by atomic mass is 32.2. The van der Waals surface area contributed by atoms with Gasteiger partial charge in [-0.3, -0.25) is 9.36 Å². The molecule has 1 aromatic carbocycles. The van der Waals surface area contributed by atoms with Crippen molar-refractivity contribution in [2.24, 2.45) is 0 Å². The Hall–Kier alpha value is -2.12. The summed E-state index contributed by atoms with van der Waals surface area (Å²) in [5, 5.41) is 3.76. The molecule has 6 nitrogen and oxygen atoms in total. The first-order chi connectivity index (χ1) is 14.3. The third kappa shape index (κ3) is 5.32. The Morgan fingerprint density at radius 3 is 2.57 bits per heavy atom. The highest BCUT2D eigenvalue weighted by Gasteiger charge is 2.22. The summed E-state index contributed by atoms with van der Waals surface area (Å²) >= 11 is 1.37. The van der Waals surface area contributed by atoms with Gasteiger partial charge in [0.15, 0.2) is 0 Å². The Labute approximate surface area is 183 Å². The first-order valence-corrected chi connectivity index (χ1v) is 11.5. The second-order valence-electron chi connectivity index (χ2n) is 8.40. The summed E-state index contributed by atoms with van der Waals surface area (Å²) in [5.41, 5.74) is 6.25. The molecule has 0 saturated carbocycles. The zero-order valence-electron chi connectivity index (χ0n) is 18.7. The standard InChI is InChI=1S/C23H32N4O2S/c1-15-12-16(2)21(17(3)13-15)24-20(28)14-30-22-18-8-6-9-19(18)27(23(29)25-22)11-7-10-26(4)5/h12-13H,6-11,14H2,1-5H3,(H,24,28). The Balaban J connectivity index is 1.70. The Bertz CT molecular complexity index is 974. The number of thioether (sulfide) groups is 1. The van der Waals surface area contributed by atoms with Gasteiger partial charge in [-0.05, 0) is 78.2 Å². The predicted octanol–water partition coefficient (Wildman–Crippen LogP) is 3.34. The number of fused-ring (bicyclic) bond motifs is 1. The number of nitrogens with one attached hydrogen (secondary N) is 1. The van der Waals surface area contributed by atoms with E-state index in [1.54, 1.807) is 0 Å². The molecule has 0 saturated heterocycles. The monoisotopic (exact) mass is 428 g/mol. The molecule has 7 heteroatoms. The third-order valence-corrected chi connectivity index (χ3v) is 6.49. The number of aromatic nitrogens is 2. The second-order valence-corrected chi connectivity index (χ2v) is 9.36. The number of aryl methyl sites for hydroxylation is 3. The van der Waals surface area contributed by atoms with Crippen LogP contribution < -0.4 is 11.0 Å². The number of hydrogen-bond acceptors (Lipinski definition) is 5. The highest BCUT2D eigenvalue weighted by Crippen LogP contribution is 2.29. The van der Waals surface area contributed by atoms with Crippen molar-refractivity contribution in [2.75, 3.05) is 31.7 Å².